The summed E-state index contributed by atoms with van der Waals surface area (Å²) in [5.74, 6) is 0.127. The van der Waals surface area contributed by atoms with Crippen molar-refractivity contribution in [2.45, 2.75) is 44.9 Å². The first-order valence-corrected chi connectivity index (χ1v) is 7.61. The van der Waals surface area contributed by atoms with Crippen LogP contribution < -0.4 is 0 Å². The number of aryl methyl sites for hydroxylation is 1. The molecule has 5 nitrogen and oxygen atoms in total. The van der Waals surface area contributed by atoms with Gasteiger partial charge < -0.3 is 9.47 Å². The Balaban J connectivity index is 1.71. The lowest BCUT2D eigenvalue weighted by Crippen LogP contribution is -2.48. The van der Waals surface area contributed by atoms with Gasteiger partial charge >= 0.3 is 0 Å². The molecule has 3 heterocycles. The number of hydrogen-bond donors (Lipinski definition) is 0. The zero-order valence-electron chi connectivity index (χ0n) is 12.8. The van der Waals surface area contributed by atoms with E-state index in [0.29, 0.717) is 5.92 Å². The van der Waals surface area contributed by atoms with E-state index in [4.69, 9.17) is 9.47 Å². The average Bonchev–Trinajstić information content (AvgIpc) is 2.97. The summed E-state index contributed by atoms with van der Waals surface area (Å²) in [7, 11) is 2.00. The van der Waals surface area contributed by atoms with Crippen LogP contribution in [0, 0.1) is 0 Å². The summed E-state index contributed by atoms with van der Waals surface area (Å²) in [6.07, 6.45) is 4.30. The van der Waals surface area contributed by atoms with Gasteiger partial charge in [-0.1, -0.05) is 13.8 Å². The van der Waals surface area contributed by atoms with Crippen molar-refractivity contribution in [3.05, 3.63) is 17.5 Å². The number of aromatic nitrogens is 2. The van der Waals surface area contributed by atoms with Crippen LogP contribution in [0.25, 0.3) is 0 Å². The van der Waals surface area contributed by atoms with E-state index < -0.39 is 0 Å². The second-order valence-corrected chi connectivity index (χ2v) is 6.29. The van der Waals surface area contributed by atoms with Crippen molar-refractivity contribution in [1.29, 1.82) is 0 Å². The number of nitrogens with zero attached hydrogens (tertiary/aromatic N) is 3. The van der Waals surface area contributed by atoms with E-state index in [9.17, 15) is 0 Å². The van der Waals surface area contributed by atoms with Crippen molar-refractivity contribution in [2.75, 3.05) is 26.3 Å². The summed E-state index contributed by atoms with van der Waals surface area (Å²) in [4.78, 5) is 2.44. The van der Waals surface area contributed by atoms with E-state index in [2.05, 4.69) is 30.0 Å². The molecule has 20 heavy (non-hydrogen) atoms. The smallest absolute Gasteiger partial charge is 0.181 e. The Morgan fingerprint density at radius 2 is 2.10 bits per heavy atom. The van der Waals surface area contributed by atoms with Gasteiger partial charge in [0.05, 0.1) is 25.5 Å². The van der Waals surface area contributed by atoms with Crippen molar-refractivity contribution in [1.82, 2.24) is 14.7 Å². The van der Waals surface area contributed by atoms with E-state index in [1.807, 2.05) is 11.7 Å². The highest BCUT2D eigenvalue weighted by molar-refractivity contribution is 5.20. The quantitative estimate of drug-likeness (QED) is 0.847. The first kappa shape index (κ1) is 14.0. The van der Waals surface area contributed by atoms with Gasteiger partial charge in [0.25, 0.3) is 0 Å². The average molecular weight is 279 g/mol. The zero-order valence-corrected chi connectivity index (χ0v) is 12.8. The van der Waals surface area contributed by atoms with Crippen molar-refractivity contribution in [3.63, 3.8) is 0 Å². The van der Waals surface area contributed by atoms with Crippen molar-refractivity contribution in [3.8, 4) is 0 Å². The fourth-order valence-electron chi connectivity index (χ4n) is 3.34. The Morgan fingerprint density at radius 3 is 2.80 bits per heavy atom. The van der Waals surface area contributed by atoms with Gasteiger partial charge in [0.15, 0.2) is 5.79 Å². The molecule has 2 aliphatic heterocycles. The minimum absolute atomic E-state index is 0.335. The molecule has 2 saturated heterocycles. The SMILES string of the molecule is CC(C)c1nn(C)cc1CN1CCCC2(C1)OCCO2. The van der Waals surface area contributed by atoms with E-state index in [-0.39, 0.29) is 5.79 Å². The van der Waals surface area contributed by atoms with Gasteiger partial charge in [-0.2, -0.15) is 5.10 Å². The predicted octanol–water partition coefficient (Wildman–Crippen LogP) is 1.88. The van der Waals surface area contributed by atoms with Gasteiger partial charge in [0.2, 0.25) is 0 Å². The Kier molecular flexibility index (Phi) is 3.84. The molecule has 0 unspecified atom stereocenters. The molecule has 0 radical (unpaired) electrons. The first-order chi connectivity index (χ1) is 9.58. The van der Waals surface area contributed by atoms with Crippen LogP contribution in [0.4, 0.5) is 0 Å². The van der Waals surface area contributed by atoms with Crippen LogP contribution in [-0.2, 0) is 23.1 Å². The molecule has 0 aliphatic carbocycles. The highest BCUT2D eigenvalue weighted by Crippen LogP contribution is 2.31. The fraction of sp³-hybridized carbons (Fsp3) is 0.800. The highest BCUT2D eigenvalue weighted by Gasteiger charge is 2.40. The molecule has 112 valence electrons. The summed E-state index contributed by atoms with van der Waals surface area (Å²) in [5.41, 5.74) is 2.54. The third-order valence-corrected chi connectivity index (χ3v) is 4.19. The Morgan fingerprint density at radius 1 is 1.35 bits per heavy atom. The number of likely N-dealkylation sites (tertiary alicyclic amines) is 1. The molecular weight excluding hydrogens is 254 g/mol. The lowest BCUT2D eigenvalue weighted by molar-refractivity contribution is -0.190. The summed E-state index contributed by atoms with van der Waals surface area (Å²) in [6.45, 7) is 8.80. The molecule has 5 heteroatoms. The van der Waals surface area contributed by atoms with Gasteiger partial charge in [-0.05, 0) is 18.9 Å². The van der Waals surface area contributed by atoms with Gasteiger partial charge in [0.1, 0.15) is 0 Å². The summed E-state index contributed by atoms with van der Waals surface area (Å²) in [6, 6.07) is 0. The summed E-state index contributed by atoms with van der Waals surface area (Å²) in [5, 5.41) is 4.59. The molecule has 0 amide bonds. The van der Waals surface area contributed by atoms with Gasteiger partial charge in [-0.3, -0.25) is 9.58 Å². The van der Waals surface area contributed by atoms with E-state index in [1.165, 1.54) is 11.3 Å². The molecule has 1 spiro atoms. The van der Waals surface area contributed by atoms with E-state index >= 15 is 0 Å². The minimum Gasteiger partial charge on any atom is -0.346 e. The largest absolute Gasteiger partial charge is 0.346 e. The molecule has 0 N–H and O–H groups in total. The van der Waals surface area contributed by atoms with Gasteiger partial charge in [0, 0.05) is 31.8 Å². The third kappa shape index (κ3) is 2.75. The molecule has 0 atom stereocenters. The maximum absolute atomic E-state index is 5.85. The lowest BCUT2D eigenvalue weighted by atomic mass is 10.0. The van der Waals surface area contributed by atoms with Crippen LogP contribution in [0.15, 0.2) is 6.20 Å². The minimum atomic E-state index is -0.335. The predicted molar refractivity (Wildman–Crippen MR) is 76.4 cm³/mol. The topological polar surface area (TPSA) is 39.5 Å². The molecule has 0 saturated carbocycles. The standard InChI is InChI=1S/C15H25N3O2/c1-12(2)14-13(9-17(3)16-14)10-18-6-4-5-15(11-18)19-7-8-20-15/h9,12H,4-8,10-11H2,1-3H3. The number of rotatable bonds is 3. The van der Waals surface area contributed by atoms with Crippen LogP contribution in [-0.4, -0.2) is 46.8 Å². The zero-order chi connectivity index (χ0) is 14.2. The summed E-state index contributed by atoms with van der Waals surface area (Å²) < 4.78 is 13.6. The van der Waals surface area contributed by atoms with Crippen LogP contribution in [0.2, 0.25) is 0 Å². The number of piperidine rings is 1. The van der Waals surface area contributed by atoms with Crippen molar-refractivity contribution < 1.29 is 9.47 Å². The fourth-order valence-corrected chi connectivity index (χ4v) is 3.34. The maximum atomic E-state index is 5.85. The second kappa shape index (κ2) is 5.47. The van der Waals surface area contributed by atoms with Crippen LogP contribution in [0.1, 0.15) is 43.9 Å². The van der Waals surface area contributed by atoms with Crippen molar-refractivity contribution in [2.24, 2.45) is 7.05 Å². The van der Waals surface area contributed by atoms with Crippen LogP contribution >= 0.6 is 0 Å². The third-order valence-electron chi connectivity index (χ3n) is 4.19. The normalized spacial score (nSPS) is 23.0. The lowest BCUT2D eigenvalue weighted by Gasteiger charge is -2.38. The molecule has 1 aromatic rings. The molecule has 1 aromatic heterocycles. The monoisotopic (exact) mass is 279 g/mol. The molecule has 0 bridgehead atoms. The van der Waals surface area contributed by atoms with Crippen LogP contribution in [0.3, 0.4) is 0 Å². The Bertz CT molecular complexity index is 464. The highest BCUT2D eigenvalue weighted by atomic mass is 16.7. The molecule has 3 rings (SSSR count). The number of hydrogen-bond acceptors (Lipinski definition) is 4. The second-order valence-electron chi connectivity index (χ2n) is 6.29. The van der Waals surface area contributed by atoms with E-state index in [0.717, 1.165) is 45.7 Å². The van der Waals surface area contributed by atoms with Gasteiger partial charge in [-0.25, -0.2) is 0 Å². The summed E-state index contributed by atoms with van der Waals surface area (Å²) >= 11 is 0. The number of ether oxygens (including phenoxy) is 2. The molecule has 2 fully saturated rings. The molecular formula is C15H25N3O2. The van der Waals surface area contributed by atoms with Crippen molar-refractivity contribution >= 4 is 0 Å². The molecule has 2 aliphatic rings. The van der Waals surface area contributed by atoms with Crippen LogP contribution in [0.5, 0.6) is 0 Å². The first-order valence-electron chi connectivity index (χ1n) is 7.61. The Labute approximate surface area is 120 Å². The van der Waals surface area contributed by atoms with Gasteiger partial charge in [-0.15, -0.1) is 0 Å². The van der Waals surface area contributed by atoms with E-state index in [1.54, 1.807) is 0 Å². The Hall–Kier alpha value is -0.910. The molecule has 0 aromatic carbocycles. The maximum Gasteiger partial charge on any atom is 0.181 e.